The lowest BCUT2D eigenvalue weighted by atomic mass is 9.44. The van der Waals surface area contributed by atoms with Crippen LogP contribution in [0.3, 0.4) is 0 Å². The molecule has 0 radical (unpaired) electrons. The number of rotatable bonds is 13. The molecule has 396 valence electrons. The van der Waals surface area contributed by atoms with Crippen LogP contribution in [0.2, 0.25) is 0 Å². The largest absolute Gasteiger partial charge is 0.497 e. The number of ketones is 1. The first kappa shape index (κ1) is 53.2. The van der Waals surface area contributed by atoms with Crippen LogP contribution < -0.4 is 9.47 Å². The van der Waals surface area contributed by atoms with Gasteiger partial charge < -0.3 is 48.1 Å². The molecule has 1 unspecified atom stereocenters. The van der Waals surface area contributed by atoms with Crippen molar-refractivity contribution in [2.24, 2.45) is 16.7 Å². The summed E-state index contributed by atoms with van der Waals surface area (Å²) in [6.07, 6.45) is -11.3. The summed E-state index contributed by atoms with van der Waals surface area (Å²) >= 11 is 0.979. The van der Waals surface area contributed by atoms with Crippen molar-refractivity contribution < 1.29 is 77.0 Å². The van der Waals surface area contributed by atoms with Crippen molar-refractivity contribution >= 4 is 47.3 Å². The molecule has 0 spiro atoms. The number of methoxy groups -OCH3 is 2. The van der Waals surface area contributed by atoms with E-state index in [-0.39, 0.29) is 40.3 Å². The van der Waals surface area contributed by atoms with Crippen LogP contribution in [0.5, 0.6) is 11.5 Å². The number of esters is 4. The van der Waals surface area contributed by atoms with Crippen LogP contribution in [0.1, 0.15) is 88.1 Å². The van der Waals surface area contributed by atoms with E-state index in [1.54, 1.807) is 104 Å². The average Bonchev–Trinajstić information content (AvgIpc) is 3.83. The van der Waals surface area contributed by atoms with E-state index < -0.39 is 118 Å². The van der Waals surface area contributed by atoms with Crippen molar-refractivity contribution in [3.63, 3.8) is 0 Å². The van der Waals surface area contributed by atoms with Gasteiger partial charge in [-0.1, -0.05) is 74.5 Å². The summed E-state index contributed by atoms with van der Waals surface area (Å²) in [5.74, 6) is -5.29. The third-order valence-corrected chi connectivity index (χ3v) is 17.0. The number of aliphatic hydroxyl groups is 2. The number of aliphatic hydroxyl groups excluding tert-OH is 1. The van der Waals surface area contributed by atoms with Gasteiger partial charge in [0.1, 0.15) is 40.3 Å². The highest BCUT2D eigenvalue weighted by Gasteiger charge is 2.78. The fraction of sp³-hybridized carbons (Fsp3) is 0.436. The maximum absolute atomic E-state index is 15.8. The summed E-state index contributed by atoms with van der Waals surface area (Å²) in [5, 5.41) is 38.8. The van der Waals surface area contributed by atoms with Gasteiger partial charge in [0.15, 0.2) is 29.8 Å². The van der Waals surface area contributed by atoms with Crippen LogP contribution in [0.15, 0.2) is 119 Å². The highest BCUT2D eigenvalue weighted by molar-refractivity contribution is 7.97. The summed E-state index contributed by atoms with van der Waals surface area (Å²) in [7, 11) is 2.93. The van der Waals surface area contributed by atoms with E-state index in [2.05, 4.69) is 0 Å². The van der Waals surface area contributed by atoms with E-state index in [9.17, 15) is 34.7 Å². The van der Waals surface area contributed by atoms with E-state index in [4.69, 9.17) is 37.9 Å². The molecule has 3 aliphatic carbocycles. The van der Waals surface area contributed by atoms with Crippen LogP contribution in [-0.2, 0) is 47.6 Å². The number of nitro benzene ring substituents is 1. The van der Waals surface area contributed by atoms with E-state index in [0.29, 0.717) is 22.6 Å². The van der Waals surface area contributed by atoms with Crippen LogP contribution >= 0.6 is 11.9 Å². The number of hydrogen-bond donors (Lipinski definition) is 2. The number of fused-ring (bicyclic) bond motifs is 5. The molecule has 2 saturated carbocycles. The molecule has 75 heavy (non-hydrogen) atoms. The first-order valence-corrected chi connectivity index (χ1v) is 25.1. The molecular weight excluding hydrogens is 993 g/mol. The zero-order valence-corrected chi connectivity index (χ0v) is 43.3. The first-order chi connectivity index (χ1) is 35.6. The summed E-state index contributed by atoms with van der Waals surface area (Å²) in [6.45, 7) is 8.09. The standard InChI is InChI=1S/C55H58N2O17S/c1-29-38(71-51(63)45-43(32-17-11-9-12-18-32)56(75-39-22-16-15-21-36(39)57(65)66)49(72-45)35-24-23-34(67-7)25-37(35)68-8)27-55(64)48(73-50(62)33-19-13-10-14-20-33)46-53(6,40(60)26-41-54(46,28-69-41)74-31(3)59)47(61)44(70-30(2)58)42(29)52(55,4)5/h9-25,38,40-41,43-46,48-49,60,64H,26-28H2,1-8H3/t38-,40-,41+,43+,44+,45-,46-,48-,49?,53+,54-,55+/m0/s1. The number of Topliss-reactive ketones (excluding diaryl/α,β-unsaturated/α-hetero) is 1. The van der Waals surface area contributed by atoms with Gasteiger partial charge in [-0.2, -0.15) is 0 Å². The van der Waals surface area contributed by atoms with Gasteiger partial charge in [0.05, 0.1) is 54.8 Å². The Balaban J connectivity index is 1.22. The van der Waals surface area contributed by atoms with Crippen molar-refractivity contribution in [1.82, 2.24) is 4.31 Å². The third kappa shape index (κ3) is 8.83. The molecule has 12 atom stereocenters. The minimum absolute atomic E-state index is 0.0109. The second-order valence-corrected chi connectivity index (χ2v) is 21.3. The Hall–Kier alpha value is -6.68. The maximum Gasteiger partial charge on any atom is 0.338 e. The van der Waals surface area contributed by atoms with Crippen LogP contribution in [0, 0.1) is 26.9 Å². The van der Waals surface area contributed by atoms with Gasteiger partial charge in [-0.25, -0.2) is 13.9 Å². The molecule has 0 amide bonds. The molecule has 9 rings (SSSR count). The van der Waals surface area contributed by atoms with E-state index >= 15 is 9.59 Å². The summed E-state index contributed by atoms with van der Waals surface area (Å²) < 4.78 is 51.1. The lowest BCUT2D eigenvalue weighted by Gasteiger charge is -2.67. The van der Waals surface area contributed by atoms with Gasteiger partial charge in [0.2, 0.25) is 0 Å². The number of benzene rings is 4. The Morgan fingerprint density at radius 3 is 2.15 bits per heavy atom. The van der Waals surface area contributed by atoms with Crippen molar-refractivity contribution in [3.8, 4) is 11.5 Å². The average molecular weight is 1050 g/mol. The second kappa shape index (κ2) is 20.1. The Bertz CT molecular complexity index is 2950. The van der Waals surface area contributed by atoms with Crippen LogP contribution in [-0.4, -0.2) is 118 Å². The number of nitro groups is 1. The maximum atomic E-state index is 15.8. The van der Waals surface area contributed by atoms with Crippen LogP contribution in [0.25, 0.3) is 0 Å². The lowest BCUT2D eigenvalue weighted by molar-refractivity contribution is -0.387. The first-order valence-electron chi connectivity index (χ1n) is 24.4. The monoisotopic (exact) mass is 1050 g/mol. The molecule has 2 bridgehead atoms. The molecular formula is C55H58N2O17S. The Kier molecular flexibility index (Phi) is 14.3. The third-order valence-electron chi connectivity index (χ3n) is 15.9. The Labute approximate surface area is 436 Å². The predicted molar refractivity (Wildman–Crippen MR) is 266 cm³/mol. The number of carbonyl (C=O) groups is 5. The van der Waals surface area contributed by atoms with Crippen molar-refractivity contribution in [3.05, 3.63) is 141 Å². The molecule has 4 fully saturated rings. The highest BCUT2D eigenvalue weighted by atomic mass is 32.2. The zero-order chi connectivity index (χ0) is 53.9. The van der Waals surface area contributed by atoms with Crippen LogP contribution in [0.4, 0.5) is 5.69 Å². The molecule has 20 heteroatoms. The number of carbonyl (C=O) groups excluding carboxylic acids is 5. The minimum atomic E-state index is -2.42. The fourth-order valence-corrected chi connectivity index (χ4v) is 13.3. The molecule has 19 nitrogen and oxygen atoms in total. The van der Waals surface area contributed by atoms with Crippen molar-refractivity contribution in [2.75, 3.05) is 20.8 Å². The Morgan fingerprint density at radius 1 is 0.867 bits per heavy atom. The van der Waals surface area contributed by atoms with Gasteiger partial charge in [-0.05, 0) is 72.8 Å². The van der Waals surface area contributed by atoms with E-state index in [1.807, 2.05) is 0 Å². The number of nitrogens with zero attached hydrogens (tertiary/aromatic N) is 2. The van der Waals surface area contributed by atoms with Gasteiger partial charge in [0.25, 0.3) is 5.69 Å². The quantitative estimate of drug-likeness (QED) is 0.0342. The Morgan fingerprint density at radius 2 is 1.53 bits per heavy atom. The summed E-state index contributed by atoms with van der Waals surface area (Å²) in [5.41, 5.74) is -6.98. The highest BCUT2D eigenvalue weighted by Crippen LogP contribution is 2.65. The number of hydrogen-bond acceptors (Lipinski definition) is 19. The zero-order valence-electron chi connectivity index (χ0n) is 42.5. The fourth-order valence-electron chi connectivity index (χ4n) is 12.1. The number of ether oxygens (including phenoxy) is 8. The topological polar surface area (TPSA) is 246 Å². The second-order valence-electron chi connectivity index (χ2n) is 20.2. The van der Waals surface area contributed by atoms with Gasteiger partial charge >= 0.3 is 23.9 Å². The van der Waals surface area contributed by atoms with Gasteiger partial charge in [0, 0.05) is 49.8 Å². The van der Waals surface area contributed by atoms with Crippen molar-refractivity contribution in [1.29, 1.82) is 0 Å². The molecule has 5 aliphatic rings. The normalized spacial score (nSPS) is 31.8. The molecule has 2 N–H and O–H groups in total. The summed E-state index contributed by atoms with van der Waals surface area (Å²) in [6, 6.07) is 26.8. The molecule has 0 aromatic heterocycles. The summed E-state index contributed by atoms with van der Waals surface area (Å²) in [4.78, 5) is 84.6. The minimum Gasteiger partial charge on any atom is -0.497 e. The van der Waals surface area contributed by atoms with Gasteiger partial charge in [-0.15, -0.1) is 0 Å². The van der Waals surface area contributed by atoms with Crippen molar-refractivity contribution in [2.45, 2.75) is 119 Å². The lowest BCUT2D eigenvalue weighted by Crippen LogP contribution is -2.82. The smallest absolute Gasteiger partial charge is 0.338 e. The SMILES string of the molecule is COc1ccc(C2O[C@H](C(=O)O[C@H]3C[C@@]4(O)[C@@H](OC(=O)c5ccccc5)[C@@H]5[C@]6(OC(C)=O)CO[C@@H]6C[C@H](O)[C@@]5(C)C(=O)[C@H](OC(C)=O)C(=C3C)C4(C)C)[C@@H](c3ccccc3)N2Sc2ccccc2[N+](=O)[O-])c(OC)c1. The van der Waals surface area contributed by atoms with E-state index in [0.717, 1.165) is 25.8 Å². The van der Waals surface area contributed by atoms with E-state index in [1.165, 1.54) is 45.4 Å². The number of para-hydroxylation sites is 1. The molecule has 2 saturated heterocycles. The molecule has 4 aromatic rings. The molecule has 4 aromatic carbocycles. The predicted octanol–water partition coefficient (Wildman–Crippen LogP) is 6.98. The van der Waals surface area contributed by atoms with Gasteiger partial charge in [-0.3, -0.25) is 24.5 Å². The molecule has 2 aliphatic heterocycles. The molecule has 2 heterocycles.